The van der Waals surface area contributed by atoms with Crippen LogP contribution in [-0.4, -0.2) is 23.8 Å². The summed E-state index contributed by atoms with van der Waals surface area (Å²) in [5.41, 5.74) is 1.04. The minimum absolute atomic E-state index is 0.0724. The minimum atomic E-state index is -0.853. The second-order valence-corrected chi connectivity index (χ2v) is 5.69. The van der Waals surface area contributed by atoms with Crippen molar-refractivity contribution in [3.63, 3.8) is 0 Å². The molecule has 0 aromatic heterocycles. The zero-order valence-corrected chi connectivity index (χ0v) is 12.9. The molecule has 1 atom stereocenters. The predicted molar refractivity (Wildman–Crippen MR) is 82.6 cm³/mol. The molecule has 0 heterocycles. The van der Waals surface area contributed by atoms with E-state index in [1.807, 2.05) is 0 Å². The monoisotopic (exact) mass is 303 g/mol. The summed E-state index contributed by atoms with van der Waals surface area (Å²) < 4.78 is 5.23. The molecule has 0 bridgehead atoms. The van der Waals surface area contributed by atoms with Crippen molar-refractivity contribution < 1.29 is 19.1 Å². The van der Waals surface area contributed by atoms with Crippen LogP contribution in [0.5, 0.6) is 0 Å². The number of ether oxygens (including phenoxy) is 1. The van der Waals surface area contributed by atoms with E-state index in [1.165, 1.54) is 6.92 Å². The average molecular weight is 303 g/mol. The van der Waals surface area contributed by atoms with E-state index in [9.17, 15) is 14.4 Å². The zero-order valence-electron chi connectivity index (χ0n) is 12.9. The van der Waals surface area contributed by atoms with E-state index in [0.29, 0.717) is 11.3 Å². The molecule has 1 aromatic carbocycles. The molecule has 1 saturated carbocycles. The van der Waals surface area contributed by atoms with Crippen LogP contribution in [-0.2, 0) is 14.3 Å². The van der Waals surface area contributed by atoms with Gasteiger partial charge in [-0.3, -0.25) is 14.4 Å². The Labute approximate surface area is 130 Å². The molecular weight excluding hydrogens is 282 g/mol. The molecule has 1 aliphatic rings. The van der Waals surface area contributed by atoms with E-state index in [0.717, 1.165) is 25.7 Å². The molecule has 1 aliphatic carbocycles. The SMILES string of the molecule is CC(=O)c1cccc(NC(=O)C(C)OC(=O)C2CCCC2)c1. The fourth-order valence-corrected chi connectivity index (χ4v) is 2.55. The Kier molecular flexibility index (Phi) is 5.31. The Morgan fingerprint density at radius 1 is 1.23 bits per heavy atom. The van der Waals surface area contributed by atoms with Gasteiger partial charge in [0.2, 0.25) is 0 Å². The Bertz CT molecular complexity index is 576. The smallest absolute Gasteiger partial charge is 0.309 e. The van der Waals surface area contributed by atoms with E-state index in [-0.39, 0.29) is 17.7 Å². The number of ketones is 1. The van der Waals surface area contributed by atoms with Crippen molar-refractivity contribution >= 4 is 23.3 Å². The maximum absolute atomic E-state index is 12.1. The van der Waals surface area contributed by atoms with Crippen LogP contribution in [0.25, 0.3) is 0 Å². The van der Waals surface area contributed by atoms with Gasteiger partial charge in [-0.15, -0.1) is 0 Å². The van der Waals surface area contributed by atoms with Crippen molar-refractivity contribution in [3.05, 3.63) is 29.8 Å². The van der Waals surface area contributed by atoms with E-state index in [1.54, 1.807) is 31.2 Å². The van der Waals surface area contributed by atoms with Gasteiger partial charge in [0.15, 0.2) is 11.9 Å². The number of amides is 1. The van der Waals surface area contributed by atoms with Gasteiger partial charge in [-0.25, -0.2) is 0 Å². The van der Waals surface area contributed by atoms with Crippen LogP contribution >= 0.6 is 0 Å². The molecule has 5 nitrogen and oxygen atoms in total. The van der Waals surface area contributed by atoms with E-state index >= 15 is 0 Å². The normalized spacial score (nSPS) is 16.1. The third-order valence-corrected chi connectivity index (χ3v) is 3.89. The quantitative estimate of drug-likeness (QED) is 0.670. The average Bonchev–Trinajstić information content (AvgIpc) is 3.01. The number of carbonyl (C=O) groups excluding carboxylic acids is 3. The van der Waals surface area contributed by atoms with Crippen molar-refractivity contribution in [2.75, 3.05) is 5.32 Å². The molecule has 5 heteroatoms. The zero-order chi connectivity index (χ0) is 16.1. The molecule has 1 unspecified atom stereocenters. The van der Waals surface area contributed by atoms with Crippen LogP contribution in [0.4, 0.5) is 5.69 Å². The van der Waals surface area contributed by atoms with E-state index < -0.39 is 12.0 Å². The second kappa shape index (κ2) is 7.20. The summed E-state index contributed by atoms with van der Waals surface area (Å²) >= 11 is 0. The molecule has 1 fully saturated rings. The van der Waals surface area contributed by atoms with Crippen molar-refractivity contribution in [2.45, 2.75) is 45.6 Å². The maximum Gasteiger partial charge on any atom is 0.309 e. The van der Waals surface area contributed by atoms with Crippen molar-refractivity contribution in [3.8, 4) is 0 Å². The first kappa shape index (κ1) is 16.2. The number of esters is 1. The summed E-state index contributed by atoms with van der Waals surface area (Å²) in [6.45, 7) is 3.02. The van der Waals surface area contributed by atoms with Crippen LogP contribution < -0.4 is 5.32 Å². The lowest BCUT2D eigenvalue weighted by Crippen LogP contribution is -2.31. The second-order valence-electron chi connectivity index (χ2n) is 5.69. The summed E-state index contributed by atoms with van der Waals surface area (Å²) in [6.07, 6.45) is 2.91. The van der Waals surface area contributed by atoms with Crippen LogP contribution in [0.1, 0.15) is 49.9 Å². The summed E-state index contributed by atoms with van der Waals surface area (Å²) in [7, 11) is 0. The molecule has 118 valence electrons. The Morgan fingerprint density at radius 3 is 2.55 bits per heavy atom. The van der Waals surface area contributed by atoms with Gasteiger partial charge in [0.05, 0.1) is 5.92 Å². The maximum atomic E-state index is 12.1. The number of benzene rings is 1. The third-order valence-electron chi connectivity index (χ3n) is 3.89. The highest BCUT2D eigenvalue weighted by molar-refractivity contribution is 5.98. The highest BCUT2D eigenvalue weighted by Gasteiger charge is 2.27. The summed E-state index contributed by atoms with van der Waals surface area (Å²) in [6, 6.07) is 6.67. The molecule has 22 heavy (non-hydrogen) atoms. The largest absolute Gasteiger partial charge is 0.452 e. The van der Waals surface area contributed by atoms with Gasteiger partial charge in [0, 0.05) is 11.3 Å². The number of hydrogen-bond acceptors (Lipinski definition) is 4. The first-order chi connectivity index (χ1) is 10.5. The predicted octanol–water partition coefficient (Wildman–Crippen LogP) is 2.95. The Balaban J connectivity index is 1.92. The molecule has 0 radical (unpaired) electrons. The highest BCUT2D eigenvalue weighted by atomic mass is 16.5. The number of rotatable bonds is 5. The number of anilines is 1. The molecule has 1 N–H and O–H groups in total. The first-order valence-electron chi connectivity index (χ1n) is 7.59. The molecule has 2 rings (SSSR count). The standard InChI is InChI=1S/C17H21NO4/c1-11(19)14-8-5-9-15(10-14)18-16(20)12(2)22-17(21)13-6-3-4-7-13/h5,8-10,12-13H,3-4,6-7H2,1-2H3,(H,18,20). The fourth-order valence-electron chi connectivity index (χ4n) is 2.55. The molecule has 1 aromatic rings. The van der Waals surface area contributed by atoms with E-state index in [2.05, 4.69) is 5.32 Å². The highest BCUT2D eigenvalue weighted by Crippen LogP contribution is 2.26. The molecule has 0 spiro atoms. The summed E-state index contributed by atoms with van der Waals surface area (Å²) in [5.74, 6) is -0.835. The number of hydrogen-bond donors (Lipinski definition) is 1. The summed E-state index contributed by atoms with van der Waals surface area (Å²) in [4.78, 5) is 35.3. The lowest BCUT2D eigenvalue weighted by molar-refractivity contribution is -0.157. The van der Waals surface area contributed by atoms with Crippen LogP contribution in [0.15, 0.2) is 24.3 Å². The van der Waals surface area contributed by atoms with Gasteiger partial charge in [0.25, 0.3) is 5.91 Å². The fraction of sp³-hybridized carbons (Fsp3) is 0.471. The van der Waals surface area contributed by atoms with Gasteiger partial charge < -0.3 is 10.1 Å². The van der Waals surface area contributed by atoms with Crippen molar-refractivity contribution in [2.24, 2.45) is 5.92 Å². The minimum Gasteiger partial charge on any atom is -0.452 e. The molecular formula is C17H21NO4. The topological polar surface area (TPSA) is 72.5 Å². The van der Waals surface area contributed by atoms with Gasteiger partial charge in [0.1, 0.15) is 0 Å². The van der Waals surface area contributed by atoms with Gasteiger partial charge in [-0.1, -0.05) is 25.0 Å². The number of Topliss-reactive ketones (excluding diaryl/α,β-unsaturated/α-hetero) is 1. The third kappa shape index (κ3) is 4.16. The van der Waals surface area contributed by atoms with Gasteiger partial charge in [-0.2, -0.15) is 0 Å². The Hall–Kier alpha value is -2.17. The lowest BCUT2D eigenvalue weighted by Gasteiger charge is -2.16. The molecule has 0 aliphatic heterocycles. The van der Waals surface area contributed by atoms with E-state index in [4.69, 9.17) is 4.74 Å². The molecule has 0 saturated heterocycles. The first-order valence-corrected chi connectivity index (χ1v) is 7.59. The van der Waals surface area contributed by atoms with Gasteiger partial charge >= 0.3 is 5.97 Å². The van der Waals surface area contributed by atoms with Crippen LogP contribution in [0.3, 0.4) is 0 Å². The number of nitrogens with one attached hydrogen (secondary N) is 1. The Morgan fingerprint density at radius 2 is 1.91 bits per heavy atom. The van der Waals surface area contributed by atoms with Gasteiger partial charge in [-0.05, 0) is 38.8 Å². The summed E-state index contributed by atoms with van der Waals surface area (Å²) in [5, 5.41) is 2.66. The van der Waals surface area contributed by atoms with Crippen LogP contribution in [0, 0.1) is 5.92 Å². The molecule has 1 amide bonds. The number of carbonyl (C=O) groups is 3. The van der Waals surface area contributed by atoms with Crippen molar-refractivity contribution in [1.29, 1.82) is 0 Å². The van der Waals surface area contributed by atoms with Crippen LogP contribution in [0.2, 0.25) is 0 Å². The lowest BCUT2D eigenvalue weighted by atomic mass is 10.1. The van der Waals surface area contributed by atoms with Crippen molar-refractivity contribution in [1.82, 2.24) is 0 Å².